The van der Waals surface area contributed by atoms with Crippen molar-refractivity contribution in [2.75, 3.05) is 32.5 Å². The number of carboxylic acids is 1. The number of para-hydroxylation sites is 1. The van der Waals surface area contributed by atoms with E-state index >= 15 is 0 Å². The number of benzene rings is 2. The van der Waals surface area contributed by atoms with Crippen LogP contribution in [0.1, 0.15) is 56.6 Å². The Balaban J connectivity index is 1.25. The molecule has 0 bridgehead atoms. The molecule has 2 heterocycles. The molecule has 0 radical (unpaired) electrons. The van der Waals surface area contributed by atoms with Gasteiger partial charge in [0.1, 0.15) is 11.8 Å². The number of hydrogen-bond donors (Lipinski definition) is 4. The summed E-state index contributed by atoms with van der Waals surface area (Å²) in [5.41, 5.74) is 2.96. The average molecular weight is 570 g/mol. The second-order valence-electron chi connectivity index (χ2n) is 10.7. The summed E-state index contributed by atoms with van der Waals surface area (Å²) in [6.07, 6.45) is 9.64. The van der Waals surface area contributed by atoms with Crippen LogP contribution in [0.15, 0.2) is 54.7 Å². The number of ether oxygens (including phenoxy) is 1. The Morgan fingerprint density at radius 3 is 2.62 bits per heavy atom. The normalized spacial score (nSPS) is 16.5. The van der Waals surface area contributed by atoms with Crippen molar-refractivity contribution in [3.63, 3.8) is 0 Å². The number of aromatic nitrogens is 1. The number of rotatable bonds is 17. The summed E-state index contributed by atoms with van der Waals surface area (Å²) < 4.78 is 25.4. The largest absolute Gasteiger partial charge is 0.494 e. The lowest BCUT2D eigenvalue weighted by atomic mass is 9.93. The first-order chi connectivity index (χ1) is 19.5. The highest BCUT2D eigenvalue weighted by atomic mass is 31.2. The zero-order chi connectivity index (χ0) is 28.2. The van der Waals surface area contributed by atoms with E-state index in [1.54, 1.807) is 0 Å². The summed E-state index contributed by atoms with van der Waals surface area (Å²) in [7, 11) is -3.36. The third kappa shape index (κ3) is 9.20. The maximum Gasteiger partial charge on any atom is 0.321 e. The number of aliphatic carboxylic acids is 1. The van der Waals surface area contributed by atoms with Crippen LogP contribution >= 0.6 is 7.52 Å². The number of H-pyrrole nitrogens is 1. The Bertz CT molecular complexity index is 1240. The molecule has 4 N–H and O–H groups in total. The number of nitrogens with one attached hydrogen (secondary N) is 3. The maximum absolute atomic E-state index is 13.6. The van der Waals surface area contributed by atoms with Gasteiger partial charge < -0.3 is 24.7 Å². The van der Waals surface area contributed by atoms with Gasteiger partial charge in [0, 0.05) is 23.3 Å². The number of piperidine rings is 1. The first kappa shape index (κ1) is 30.3. The Kier molecular flexibility index (Phi) is 11.7. The van der Waals surface area contributed by atoms with E-state index in [1.165, 1.54) is 25.7 Å². The summed E-state index contributed by atoms with van der Waals surface area (Å²) in [6, 6.07) is 14.5. The SMILES string of the molecule is CCCP(=O)(N[C@@H](Cc1ccc(OCCCCC2CCNCC2)cc1)C(=O)O)OCCc1c[nH]c2ccccc12. The number of unbranched alkanes of at least 4 members (excludes halogenated alkanes) is 1. The molecule has 218 valence electrons. The van der Waals surface area contributed by atoms with Crippen molar-refractivity contribution < 1.29 is 23.7 Å². The van der Waals surface area contributed by atoms with Crippen LogP contribution in [0.4, 0.5) is 0 Å². The van der Waals surface area contributed by atoms with E-state index in [4.69, 9.17) is 9.26 Å². The van der Waals surface area contributed by atoms with E-state index in [0.29, 0.717) is 19.4 Å². The zero-order valence-corrected chi connectivity index (χ0v) is 24.5. The van der Waals surface area contributed by atoms with Gasteiger partial charge in [0.25, 0.3) is 7.52 Å². The molecule has 4 rings (SSSR count). The van der Waals surface area contributed by atoms with Crippen molar-refractivity contribution in [2.24, 2.45) is 5.92 Å². The molecule has 1 fully saturated rings. The van der Waals surface area contributed by atoms with Gasteiger partial charge in [0.05, 0.1) is 13.2 Å². The van der Waals surface area contributed by atoms with E-state index in [-0.39, 0.29) is 19.2 Å². The van der Waals surface area contributed by atoms with E-state index in [0.717, 1.165) is 53.2 Å². The van der Waals surface area contributed by atoms with Gasteiger partial charge >= 0.3 is 5.97 Å². The van der Waals surface area contributed by atoms with Crippen molar-refractivity contribution in [3.05, 3.63) is 65.9 Å². The van der Waals surface area contributed by atoms with Crippen LogP contribution in [0.2, 0.25) is 0 Å². The van der Waals surface area contributed by atoms with E-state index in [1.807, 2.05) is 61.7 Å². The first-order valence-electron chi connectivity index (χ1n) is 14.7. The average Bonchev–Trinajstić information content (AvgIpc) is 3.37. The molecule has 8 nitrogen and oxygen atoms in total. The molecule has 1 aliphatic rings. The topological polar surface area (TPSA) is 113 Å². The molecule has 9 heteroatoms. The fourth-order valence-electron chi connectivity index (χ4n) is 5.38. The molecule has 1 aliphatic heterocycles. The Morgan fingerprint density at radius 2 is 1.88 bits per heavy atom. The second kappa shape index (κ2) is 15.4. The predicted octanol–water partition coefficient (Wildman–Crippen LogP) is 6.16. The third-order valence-corrected chi connectivity index (χ3v) is 9.95. The third-order valence-electron chi connectivity index (χ3n) is 7.61. The van der Waals surface area contributed by atoms with Crippen LogP contribution in [-0.2, 0) is 26.7 Å². The summed E-state index contributed by atoms with van der Waals surface area (Å²) in [6.45, 7) is 5.11. The van der Waals surface area contributed by atoms with E-state index < -0.39 is 19.5 Å². The van der Waals surface area contributed by atoms with Gasteiger partial charge in [-0.25, -0.2) is 5.09 Å². The molecule has 1 saturated heterocycles. The molecule has 40 heavy (non-hydrogen) atoms. The second-order valence-corrected chi connectivity index (χ2v) is 13.1. The van der Waals surface area contributed by atoms with Crippen LogP contribution in [0.3, 0.4) is 0 Å². The van der Waals surface area contributed by atoms with Gasteiger partial charge in [-0.05, 0) is 93.3 Å². The van der Waals surface area contributed by atoms with Crippen molar-refractivity contribution in [1.82, 2.24) is 15.4 Å². The number of carboxylic acid groups (broad SMARTS) is 1. The molecule has 0 saturated carbocycles. The van der Waals surface area contributed by atoms with Crippen LogP contribution in [-0.4, -0.2) is 54.6 Å². The van der Waals surface area contributed by atoms with Gasteiger partial charge in [0.15, 0.2) is 0 Å². The quantitative estimate of drug-likeness (QED) is 0.114. The van der Waals surface area contributed by atoms with E-state index in [2.05, 4.69) is 15.4 Å². The molecular formula is C31H44N3O5P. The molecule has 0 amide bonds. The molecule has 0 aliphatic carbocycles. The highest BCUT2D eigenvalue weighted by Crippen LogP contribution is 2.44. The lowest BCUT2D eigenvalue weighted by molar-refractivity contribution is -0.139. The molecular weight excluding hydrogens is 525 g/mol. The maximum atomic E-state index is 13.6. The molecule has 2 aromatic carbocycles. The van der Waals surface area contributed by atoms with Gasteiger partial charge in [-0.2, -0.15) is 0 Å². The Hall–Kier alpha value is -2.64. The van der Waals surface area contributed by atoms with Crippen molar-refractivity contribution in [3.8, 4) is 5.75 Å². The van der Waals surface area contributed by atoms with E-state index in [9.17, 15) is 14.5 Å². The summed E-state index contributed by atoms with van der Waals surface area (Å²) in [5, 5.41) is 17.3. The molecule has 3 aromatic rings. The highest BCUT2D eigenvalue weighted by molar-refractivity contribution is 7.56. The number of aromatic amines is 1. The predicted molar refractivity (Wildman–Crippen MR) is 160 cm³/mol. The molecule has 2 atom stereocenters. The van der Waals surface area contributed by atoms with Crippen molar-refractivity contribution in [2.45, 2.75) is 64.3 Å². The van der Waals surface area contributed by atoms with Gasteiger partial charge in [-0.1, -0.05) is 43.7 Å². The van der Waals surface area contributed by atoms with Crippen LogP contribution in [0.5, 0.6) is 5.75 Å². The lowest BCUT2D eigenvalue weighted by Crippen LogP contribution is -2.37. The first-order valence-corrected chi connectivity index (χ1v) is 16.5. The van der Waals surface area contributed by atoms with Crippen LogP contribution in [0, 0.1) is 5.92 Å². The minimum Gasteiger partial charge on any atom is -0.494 e. The van der Waals surface area contributed by atoms with Crippen LogP contribution < -0.4 is 15.1 Å². The fraction of sp³-hybridized carbons (Fsp3) is 0.516. The van der Waals surface area contributed by atoms with Crippen molar-refractivity contribution in [1.29, 1.82) is 0 Å². The monoisotopic (exact) mass is 569 g/mol. The van der Waals surface area contributed by atoms with Gasteiger partial charge in [0.2, 0.25) is 0 Å². The minimum atomic E-state index is -3.36. The molecule has 0 spiro atoms. The Labute approximate surface area is 237 Å². The summed E-state index contributed by atoms with van der Waals surface area (Å²) in [4.78, 5) is 15.3. The summed E-state index contributed by atoms with van der Waals surface area (Å²) in [5.74, 6) is 0.571. The number of carbonyl (C=O) groups is 1. The van der Waals surface area contributed by atoms with Crippen LogP contribution in [0.25, 0.3) is 10.9 Å². The van der Waals surface area contributed by atoms with Gasteiger partial charge in [-0.15, -0.1) is 0 Å². The smallest absolute Gasteiger partial charge is 0.321 e. The number of fused-ring (bicyclic) bond motifs is 1. The van der Waals surface area contributed by atoms with Crippen molar-refractivity contribution >= 4 is 24.4 Å². The minimum absolute atomic E-state index is 0.200. The highest BCUT2D eigenvalue weighted by Gasteiger charge is 2.30. The lowest BCUT2D eigenvalue weighted by Gasteiger charge is -2.24. The number of hydrogen-bond acceptors (Lipinski definition) is 5. The standard InChI is InChI=1S/C31H44N3O5P/c1-2-21-40(37,39-20-16-26-23-33-29-9-4-3-8-28(26)29)34-30(31(35)36)22-25-10-12-27(13-11-25)38-19-6-5-7-24-14-17-32-18-15-24/h3-4,8-13,23-24,30,32-33H,2,5-7,14-22H2,1H3,(H,34,37)(H,35,36)/t30-,40?/m0/s1. The molecule has 1 unspecified atom stereocenters. The fourth-order valence-corrected chi connectivity index (χ4v) is 7.37. The Morgan fingerprint density at radius 1 is 1.10 bits per heavy atom. The summed E-state index contributed by atoms with van der Waals surface area (Å²) >= 11 is 0. The molecule has 1 aromatic heterocycles. The van der Waals surface area contributed by atoms with Gasteiger partial charge in [-0.3, -0.25) is 9.36 Å². The zero-order valence-electron chi connectivity index (χ0n) is 23.6.